The number of fused-ring (bicyclic) bond motifs is 1. The van der Waals surface area contributed by atoms with Crippen LogP contribution in [0.15, 0.2) is 4.79 Å². The molecule has 0 aromatic carbocycles. The Morgan fingerprint density at radius 3 is 3.19 bits per heavy atom. The molecule has 0 spiro atoms. The quantitative estimate of drug-likeness (QED) is 0.546. The first-order chi connectivity index (χ1) is 9.94. The van der Waals surface area contributed by atoms with Crippen molar-refractivity contribution in [2.45, 2.75) is 5.25 Å². The number of hydroxylamine groups is 1. The zero-order chi connectivity index (χ0) is 15.0. The van der Waals surface area contributed by atoms with E-state index < -0.39 is 7.60 Å². The standard InChI is InChI=1S/C9H14N5O5PS/c10-9-12-7-6(8(15)13-9)11-3-14(7)18-1-5-2-19-20(16,17)4-21-5/h5,11H,1-4H2,(H,16,17)(H3,10,12,13,15). The highest BCUT2D eigenvalue weighted by molar-refractivity contribution is 8.05. The van der Waals surface area contributed by atoms with E-state index in [1.165, 1.54) is 16.8 Å². The molecule has 1 aromatic heterocycles. The molecule has 1 aromatic rings. The molecule has 3 rings (SSSR count). The number of hydrogen-bond acceptors (Lipinski definition) is 9. The van der Waals surface area contributed by atoms with Crippen LogP contribution in [0.5, 0.6) is 0 Å². The van der Waals surface area contributed by atoms with Gasteiger partial charge in [-0.1, -0.05) is 0 Å². The van der Waals surface area contributed by atoms with Crippen LogP contribution in [0.25, 0.3) is 0 Å². The molecule has 5 N–H and O–H groups in total. The van der Waals surface area contributed by atoms with Crippen LogP contribution in [0.1, 0.15) is 0 Å². The fraction of sp³-hybridized carbons (Fsp3) is 0.556. The number of aromatic nitrogens is 2. The van der Waals surface area contributed by atoms with Crippen LogP contribution in [0.2, 0.25) is 0 Å². The maximum Gasteiger partial charge on any atom is 0.337 e. The van der Waals surface area contributed by atoms with Crippen LogP contribution in [0, 0.1) is 0 Å². The molecule has 0 radical (unpaired) electrons. The van der Waals surface area contributed by atoms with Gasteiger partial charge >= 0.3 is 7.60 Å². The van der Waals surface area contributed by atoms with Gasteiger partial charge in [0.1, 0.15) is 12.4 Å². The molecule has 0 amide bonds. The minimum Gasteiger partial charge on any atom is -0.369 e. The summed E-state index contributed by atoms with van der Waals surface area (Å²) in [5.74, 6) is 0.332. The van der Waals surface area contributed by atoms with Gasteiger partial charge in [0.2, 0.25) is 5.95 Å². The lowest BCUT2D eigenvalue weighted by Gasteiger charge is -2.26. The Morgan fingerprint density at radius 2 is 2.48 bits per heavy atom. The number of H-pyrrole nitrogens is 1. The normalized spacial score (nSPS) is 28.2. The molecular weight excluding hydrogens is 321 g/mol. The number of nitrogens with zero attached hydrogens (tertiary/aromatic N) is 2. The SMILES string of the molecule is Nc1nc2c(c(=O)[nH]1)NCN2OCC1COP(=O)(O)CS1. The predicted octanol–water partition coefficient (Wildman–Crippen LogP) is -0.252. The minimum atomic E-state index is -3.43. The summed E-state index contributed by atoms with van der Waals surface area (Å²) in [6, 6.07) is 0. The molecule has 1 fully saturated rings. The van der Waals surface area contributed by atoms with Crippen molar-refractivity contribution in [3.63, 3.8) is 0 Å². The molecule has 2 aliphatic heterocycles. The molecule has 21 heavy (non-hydrogen) atoms. The van der Waals surface area contributed by atoms with Crippen LogP contribution < -0.4 is 21.7 Å². The number of aromatic amines is 1. The van der Waals surface area contributed by atoms with E-state index in [1.54, 1.807) is 0 Å². The number of thioether (sulfide) groups is 1. The third-order valence-corrected chi connectivity index (χ3v) is 6.10. The first-order valence-corrected chi connectivity index (χ1v) is 8.88. The number of rotatable bonds is 3. The highest BCUT2D eigenvalue weighted by atomic mass is 32.2. The minimum absolute atomic E-state index is 0.00708. The van der Waals surface area contributed by atoms with Crippen molar-refractivity contribution in [3.8, 4) is 0 Å². The zero-order valence-electron chi connectivity index (χ0n) is 10.8. The van der Waals surface area contributed by atoms with Crippen LogP contribution >= 0.6 is 19.4 Å². The lowest BCUT2D eigenvalue weighted by Crippen LogP contribution is -2.31. The molecule has 0 bridgehead atoms. The van der Waals surface area contributed by atoms with Gasteiger partial charge in [-0.05, 0) is 0 Å². The van der Waals surface area contributed by atoms with E-state index in [-0.39, 0.29) is 42.1 Å². The van der Waals surface area contributed by atoms with Gasteiger partial charge in [0.05, 0.1) is 24.0 Å². The van der Waals surface area contributed by atoms with Gasteiger partial charge < -0.3 is 20.5 Å². The van der Waals surface area contributed by atoms with E-state index in [1.807, 2.05) is 0 Å². The van der Waals surface area contributed by atoms with Crippen LogP contribution in [0.4, 0.5) is 17.5 Å². The van der Waals surface area contributed by atoms with Gasteiger partial charge in [-0.2, -0.15) is 4.98 Å². The molecule has 2 atom stereocenters. The lowest BCUT2D eigenvalue weighted by atomic mass is 10.5. The third kappa shape index (κ3) is 3.16. The number of anilines is 3. The summed E-state index contributed by atoms with van der Waals surface area (Å²) < 4.78 is 16.2. The van der Waals surface area contributed by atoms with Gasteiger partial charge in [-0.15, -0.1) is 11.8 Å². The molecule has 116 valence electrons. The van der Waals surface area contributed by atoms with Gasteiger partial charge in [0, 0.05) is 0 Å². The van der Waals surface area contributed by atoms with Crippen molar-refractivity contribution >= 4 is 36.8 Å². The monoisotopic (exact) mass is 335 g/mol. The van der Waals surface area contributed by atoms with E-state index in [9.17, 15) is 14.3 Å². The Kier molecular flexibility index (Phi) is 3.84. The molecule has 1 saturated heterocycles. The fourth-order valence-electron chi connectivity index (χ4n) is 1.90. The predicted molar refractivity (Wildman–Crippen MR) is 78.2 cm³/mol. The number of nitrogens with one attached hydrogen (secondary N) is 2. The fourth-order valence-corrected chi connectivity index (χ4v) is 4.63. The van der Waals surface area contributed by atoms with E-state index >= 15 is 0 Å². The summed E-state index contributed by atoms with van der Waals surface area (Å²) in [6.45, 7) is 0.670. The first kappa shape index (κ1) is 14.7. The number of nitrogen functional groups attached to an aromatic ring is 1. The maximum atomic E-state index is 11.7. The second kappa shape index (κ2) is 5.50. The third-order valence-electron chi connectivity index (χ3n) is 2.91. The van der Waals surface area contributed by atoms with Crippen molar-refractivity contribution in [1.29, 1.82) is 0 Å². The Balaban J connectivity index is 1.62. The van der Waals surface area contributed by atoms with Gasteiger partial charge in [-0.25, -0.2) is 5.06 Å². The summed E-state index contributed by atoms with van der Waals surface area (Å²) in [5.41, 5.74) is 5.49. The molecule has 0 aliphatic carbocycles. The molecule has 10 nitrogen and oxygen atoms in total. The van der Waals surface area contributed by atoms with E-state index in [0.717, 1.165) is 0 Å². The summed E-state index contributed by atoms with van der Waals surface area (Å²) >= 11 is 1.32. The van der Waals surface area contributed by atoms with Crippen LogP contribution in [0.3, 0.4) is 0 Å². The molecule has 2 unspecified atom stereocenters. The average Bonchev–Trinajstić information content (AvgIpc) is 2.81. The molecular formula is C9H14N5O5PS. The summed E-state index contributed by atoms with van der Waals surface area (Å²) in [5, 5.41) is 4.22. The lowest BCUT2D eigenvalue weighted by molar-refractivity contribution is 0.102. The Hall–Kier alpha value is -1.26. The first-order valence-electron chi connectivity index (χ1n) is 6.07. The van der Waals surface area contributed by atoms with E-state index in [0.29, 0.717) is 11.5 Å². The molecule has 0 saturated carbocycles. The van der Waals surface area contributed by atoms with Crippen molar-refractivity contribution in [1.82, 2.24) is 9.97 Å². The second-order valence-corrected chi connectivity index (χ2v) is 8.08. The van der Waals surface area contributed by atoms with Crippen molar-refractivity contribution in [3.05, 3.63) is 10.4 Å². The van der Waals surface area contributed by atoms with Crippen molar-refractivity contribution < 1.29 is 18.8 Å². The van der Waals surface area contributed by atoms with Gasteiger partial charge in [0.25, 0.3) is 5.56 Å². The smallest absolute Gasteiger partial charge is 0.337 e. The van der Waals surface area contributed by atoms with E-state index in [2.05, 4.69) is 15.3 Å². The molecule has 3 heterocycles. The Bertz CT molecular complexity index is 642. The van der Waals surface area contributed by atoms with Gasteiger partial charge in [0.15, 0.2) is 5.82 Å². The molecule has 2 aliphatic rings. The van der Waals surface area contributed by atoms with Crippen LogP contribution in [-0.2, 0) is 13.9 Å². The topological polar surface area (TPSA) is 143 Å². The van der Waals surface area contributed by atoms with Crippen LogP contribution in [-0.4, -0.2) is 45.5 Å². The highest BCUT2D eigenvalue weighted by Gasteiger charge is 2.31. The largest absolute Gasteiger partial charge is 0.369 e. The summed E-state index contributed by atoms with van der Waals surface area (Å²) in [7, 11) is -3.43. The number of hydrogen-bond donors (Lipinski definition) is 4. The second-order valence-electron chi connectivity index (χ2n) is 4.51. The van der Waals surface area contributed by atoms with Crippen molar-refractivity contribution in [2.24, 2.45) is 0 Å². The van der Waals surface area contributed by atoms with E-state index in [4.69, 9.17) is 15.1 Å². The Labute approximate surface area is 123 Å². The van der Waals surface area contributed by atoms with Crippen molar-refractivity contribution in [2.75, 3.05) is 41.5 Å². The number of nitrogens with two attached hydrogens (primary N) is 1. The molecule has 12 heteroatoms. The summed E-state index contributed by atoms with van der Waals surface area (Å²) in [4.78, 5) is 32.9. The van der Waals surface area contributed by atoms with Gasteiger partial charge in [-0.3, -0.25) is 19.2 Å². The average molecular weight is 335 g/mol. The zero-order valence-corrected chi connectivity index (χ0v) is 12.5. The maximum absolute atomic E-state index is 11.7. The Morgan fingerprint density at radius 1 is 1.67 bits per heavy atom. The summed E-state index contributed by atoms with van der Waals surface area (Å²) in [6.07, 6.45) is 0. The highest BCUT2D eigenvalue weighted by Crippen LogP contribution is 2.50.